The van der Waals surface area contributed by atoms with Gasteiger partial charge in [0, 0.05) is 25.3 Å². The fourth-order valence-corrected chi connectivity index (χ4v) is 4.38. The SMILES string of the molecule is C[C@@H](Oc1cccn2nc(NC3[C@@H]4CC[C@H]3CN(C(=O)OC(C)(C)C)C4)nc12)C(F)(F)F. The molecule has 0 radical (unpaired) electrons. The van der Waals surface area contributed by atoms with Crippen LogP contribution in [0.4, 0.5) is 23.9 Å². The van der Waals surface area contributed by atoms with Gasteiger partial charge in [-0.3, -0.25) is 0 Å². The molecule has 1 unspecified atom stereocenters. The first-order valence-corrected chi connectivity index (χ1v) is 10.7. The molecule has 8 nitrogen and oxygen atoms in total. The Hall–Kier alpha value is -2.72. The zero-order valence-electron chi connectivity index (χ0n) is 18.5. The summed E-state index contributed by atoms with van der Waals surface area (Å²) in [7, 11) is 0. The number of likely N-dealkylation sites (tertiary alicyclic amines) is 1. The van der Waals surface area contributed by atoms with Gasteiger partial charge in [0.2, 0.25) is 5.95 Å². The molecular formula is C21H28F3N5O3. The van der Waals surface area contributed by atoms with Crippen molar-refractivity contribution < 1.29 is 27.4 Å². The highest BCUT2D eigenvalue weighted by Crippen LogP contribution is 2.39. The number of aromatic nitrogens is 3. The Kier molecular flexibility index (Phi) is 5.62. The smallest absolute Gasteiger partial charge is 0.425 e. The van der Waals surface area contributed by atoms with Gasteiger partial charge in [-0.25, -0.2) is 9.31 Å². The van der Waals surface area contributed by atoms with Gasteiger partial charge in [-0.2, -0.15) is 18.2 Å². The second kappa shape index (κ2) is 8.00. The molecule has 4 atom stereocenters. The van der Waals surface area contributed by atoms with E-state index in [1.165, 1.54) is 10.6 Å². The number of carbonyl (C=O) groups is 1. The van der Waals surface area contributed by atoms with Gasteiger partial charge < -0.3 is 19.7 Å². The quantitative estimate of drug-likeness (QED) is 0.747. The van der Waals surface area contributed by atoms with Crippen molar-refractivity contribution in [2.45, 2.75) is 64.5 Å². The molecule has 1 N–H and O–H groups in total. The molecule has 2 aromatic rings. The van der Waals surface area contributed by atoms with Gasteiger partial charge in [-0.1, -0.05) is 0 Å². The first kappa shape index (κ1) is 22.5. The van der Waals surface area contributed by atoms with Crippen molar-refractivity contribution in [1.82, 2.24) is 19.5 Å². The van der Waals surface area contributed by atoms with Crippen LogP contribution in [-0.2, 0) is 4.74 Å². The number of carbonyl (C=O) groups excluding carboxylic acids is 1. The van der Waals surface area contributed by atoms with Crippen molar-refractivity contribution in [3.63, 3.8) is 0 Å². The minimum absolute atomic E-state index is 0.0144. The van der Waals surface area contributed by atoms with Crippen LogP contribution < -0.4 is 10.1 Å². The summed E-state index contributed by atoms with van der Waals surface area (Å²) in [6.07, 6.45) is -3.21. The molecule has 0 spiro atoms. The van der Waals surface area contributed by atoms with E-state index < -0.39 is 17.9 Å². The number of halogens is 3. The number of anilines is 1. The lowest BCUT2D eigenvalue weighted by Gasteiger charge is -2.38. The van der Waals surface area contributed by atoms with Crippen LogP contribution in [-0.4, -0.2) is 62.6 Å². The summed E-state index contributed by atoms with van der Waals surface area (Å²) in [6.45, 7) is 7.64. The highest BCUT2D eigenvalue weighted by Gasteiger charge is 2.44. The summed E-state index contributed by atoms with van der Waals surface area (Å²) in [6, 6.07) is 3.08. The zero-order chi connectivity index (χ0) is 23.3. The lowest BCUT2D eigenvalue weighted by molar-refractivity contribution is -0.189. The van der Waals surface area contributed by atoms with Crippen LogP contribution >= 0.6 is 0 Å². The predicted molar refractivity (Wildman–Crippen MR) is 111 cm³/mol. The van der Waals surface area contributed by atoms with Crippen LogP contribution in [0.2, 0.25) is 0 Å². The number of ether oxygens (including phenoxy) is 2. The van der Waals surface area contributed by atoms with Crippen LogP contribution in [0.1, 0.15) is 40.5 Å². The van der Waals surface area contributed by atoms with Crippen LogP contribution in [0, 0.1) is 11.8 Å². The number of rotatable bonds is 4. The van der Waals surface area contributed by atoms with E-state index in [1.54, 1.807) is 17.2 Å². The van der Waals surface area contributed by atoms with Crippen molar-refractivity contribution in [2.24, 2.45) is 11.8 Å². The molecule has 11 heteroatoms. The van der Waals surface area contributed by atoms with E-state index in [4.69, 9.17) is 9.47 Å². The molecule has 4 rings (SSSR count). The maximum atomic E-state index is 12.9. The molecule has 2 aromatic heterocycles. The number of fused-ring (bicyclic) bond motifs is 3. The Bertz CT molecular complexity index is 973. The van der Waals surface area contributed by atoms with Gasteiger partial charge in [0.25, 0.3) is 0 Å². The average Bonchev–Trinajstić information content (AvgIpc) is 3.17. The molecule has 1 saturated carbocycles. The Morgan fingerprint density at radius 2 is 1.88 bits per heavy atom. The molecule has 1 aliphatic carbocycles. The summed E-state index contributed by atoms with van der Waals surface area (Å²) in [5.74, 6) is 0.775. The average molecular weight is 455 g/mol. The lowest BCUT2D eigenvalue weighted by Crippen LogP contribution is -2.51. The summed E-state index contributed by atoms with van der Waals surface area (Å²) < 4.78 is 50.7. The van der Waals surface area contributed by atoms with Crippen LogP contribution in [0.25, 0.3) is 5.65 Å². The molecule has 32 heavy (non-hydrogen) atoms. The number of piperidine rings is 1. The van der Waals surface area contributed by atoms with E-state index in [9.17, 15) is 18.0 Å². The fourth-order valence-electron chi connectivity index (χ4n) is 4.38. The Morgan fingerprint density at radius 1 is 1.22 bits per heavy atom. The molecule has 2 bridgehead atoms. The van der Waals surface area contributed by atoms with Gasteiger partial charge in [-0.05, 0) is 64.5 Å². The molecule has 1 aliphatic heterocycles. The second-order valence-corrected chi connectivity index (χ2v) is 9.53. The number of pyridine rings is 1. The molecule has 2 fully saturated rings. The van der Waals surface area contributed by atoms with Gasteiger partial charge in [0.15, 0.2) is 17.5 Å². The van der Waals surface area contributed by atoms with Crippen LogP contribution in [0.3, 0.4) is 0 Å². The first-order valence-electron chi connectivity index (χ1n) is 10.7. The van der Waals surface area contributed by atoms with E-state index in [0.717, 1.165) is 19.8 Å². The highest BCUT2D eigenvalue weighted by molar-refractivity contribution is 5.68. The standard InChI is InChI=1S/C21H28F3N5O3/c1-12(21(22,23)24)31-15-6-5-9-29-17(15)26-18(27-29)25-16-13-7-8-14(16)11-28(10-13)19(30)32-20(2,3)4/h5-6,9,12-14,16H,7-8,10-11H2,1-4H3,(H,25,27)/t12-,13-,14+,16?/m1/s1. The highest BCUT2D eigenvalue weighted by atomic mass is 19.4. The molecule has 3 heterocycles. The molecule has 1 saturated heterocycles. The Labute approximate surface area is 184 Å². The Balaban J connectivity index is 1.47. The fraction of sp³-hybridized carbons (Fsp3) is 0.667. The van der Waals surface area contributed by atoms with E-state index >= 15 is 0 Å². The summed E-state index contributed by atoms with van der Waals surface area (Å²) >= 11 is 0. The maximum Gasteiger partial charge on any atom is 0.425 e. The molecule has 176 valence electrons. The van der Waals surface area contributed by atoms with Crippen molar-refractivity contribution in [3.8, 4) is 5.75 Å². The summed E-state index contributed by atoms with van der Waals surface area (Å²) in [5, 5.41) is 7.72. The topological polar surface area (TPSA) is 81.0 Å². The van der Waals surface area contributed by atoms with Gasteiger partial charge >= 0.3 is 12.3 Å². The van der Waals surface area contributed by atoms with E-state index in [1.807, 2.05) is 20.8 Å². The third-order valence-electron chi connectivity index (χ3n) is 5.87. The first-order chi connectivity index (χ1) is 14.9. The summed E-state index contributed by atoms with van der Waals surface area (Å²) in [4.78, 5) is 18.6. The number of nitrogens with zero attached hydrogens (tertiary/aromatic N) is 4. The van der Waals surface area contributed by atoms with Crippen LogP contribution in [0.5, 0.6) is 5.75 Å². The van der Waals surface area contributed by atoms with Crippen molar-refractivity contribution >= 4 is 17.7 Å². The third kappa shape index (κ3) is 4.71. The molecule has 0 aromatic carbocycles. The number of hydrogen-bond donors (Lipinski definition) is 1. The van der Waals surface area contributed by atoms with E-state index in [-0.39, 0.29) is 35.4 Å². The number of alkyl halides is 3. The lowest BCUT2D eigenvalue weighted by atomic mass is 9.92. The van der Waals surface area contributed by atoms with Crippen molar-refractivity contribution in [2.75, 3.05) is 18.4 Å². The van der Waals surface area contributed by atoms with E-state index in [2.05, 4.69) is 15.4 Å². The number of nitrogens with one attached hydrogen (secondary N) is 1. The maximum absolute atomic E-state index is 12.9. The molecule has 2 aliphatic rings. The normalized spacial score (nSPS) is 24.5. The summed E-state index contributed by atoms with van der Waals surface area (Å²) in [5.41, 5.74) is -0.334. The largest absolute Gasteiger partial charge is 0.477 e. The number of hydrogen-bond acceptors (Lipinski definition) is 6. The predicted octanol–water partition coefficient (Wildman–Crippen LogP) is 4.12. The van der Waals surface area contributed by atoms with Crippen molar-refractivity contribution in [1.29, 1.82) is 0 Å². The zero-order valence-corrected chi connectivity index (χ0v) is 18.5. The van der Waals surface area contributed by atoms with Crippen molar-refractivity contribution in [3.05, 3.63) is 18.3 Å². The van der Waals surface area contributed by atoms with Gasteiger partial charge in [0.05, 0.1) is 0 Å². The minimum atomic E-state index is -4.48. The second-order valence-electron chi connectivity index (χ2n) is 9.53. The number of amides is 1. The molecule has 1 amide bonds. The Morgan fingerprint density at radius 3 is 2.47 bits per heavy atom. The minimum Gasteiger partial charge on any atom is -0.477 e. The van der Waals surface area contributed by atoms with Gasteiger partial charge in [0.1, 0.15) is 5.60 Å². The molecular weight excluding hydrogens is 427 g/mol. The monoisotopic (exact) mass is 455 g/mol. The van der Waals surface area contributed by atoms with Crippen LogP contribution in [0.15, 0.2) is 18.3 Å². The van der Waals surface area contributed by atoms with E-state index in [0.29, 0.717) is 19.0 Å². The third-order valence-corrected chi connectivity index (χ3v) is 5.87. The van der Waals surface area contributed by atoms with Gasteiger partial charge in [-0.15, -0.1) is 5.10 Å².